The highest BCUT2D eigenvalue weighted by molar-refractivity contribution is 6.44. The Bertz CT molecular complexity index is 1130. The van der Waals surface area contributed by atoms with Crippen LogP contribution in [0.1, 0.15) is 41.3 Å². The van der Waals surface area contributed by atoms with Gasteiger partial charge < -0.3 is 18.9 Å². The predicted molar refractivity (Wildman–Crippen MR) is 124 cm³/mol. The molecule has 2 heterocycles. The number of hydrogen-bond donors (Lipinski definition) is 0. The van der Waals surface area contributed by atoms with Crippen molar-refractivity contribution in [3.63, 3.8) is 0 Å². The molecule has 1 amide bonds. The highest BCUT2D eigenvalue weighted by atomic mass is 16.5. The number of para-hydroxylation sites is 1. The lowest BCUT2D eigenvalue weighted by Gasteiger charge is -2.25. The summed E-state index contributed by atoms with van der Waals surface area (Å²) < 4.78 is 13.4. The van der Waals surface area contributed by atoms with Crippen LogP contribution in [-0.4, -0.2) is 54.1 Å². The summed E-state index contributed by atoms with van der Waals surface area (Å²) >= 11 is 0. The number of aromatic nitrogens is 1. The van der Waals surface area contributed by atoms with Crippen molar-refractivity contribution in [2.45, 2.75) is 33.2 Å². The minimum Gasteiger partial charge on any atom is -0.491 e. The molecule has 0 saturated carbocycles. The van der Waals surface area contributed by atoms with Crippen LogP contribution in [0.2, 0.25) is 0 Å². The van der Waals surface area contributed by atoms with E-state index in [-0.39, 0.29) is 0 Å². The molecule has 1 aliphatic rings. The monoisotopic (exact) mass is 434 g/mol. The molecular weight excluding hydrogens is 404 g/mol. The number of ketones is 1. The normalized spacial score (nSPS) is 14.2. The average Bonchev–Trinajstić information content (AvgIpc) is 3.17. The minimum absolute atomic E-state index is 0.369. The Kier molecular flexibility index (Phi) is 6.61. The van der Waals surface area contributed by atoms with Crippen molar-refractivity contribution < 1.29 is 19.1 Å². The van der Waals surface area contributed by atoms with Gasteiger partial charge in [0.1, 0.15) is 12.4 Å². The van der Waals surface area contributed by atoms with E-state index in [0.29, 0.717) is 50.9 Å². The second-order valence-corrected chi connectivity index (χ2v) is 8.53. The zero-order valence-electron chi connectivity index (χ0n) is 19.0. The summed E-state index contributed by atoms with van der Waals surface area (Å²) in [4.78, 5) is 27.4. The predicted octanol–water partition coefficient (Wildman–Crippen LogP) is 4.19. The first-order chi connectivity index (χ1) is 15.5. The molecular formula is C26H30N2O4. The van der Waals surface area contributed by atoms with Gasteiger partial charge in [0.05, 0.1) is 25.3 Å². The first-order valence-corrected chi connectivity index (χ1v) is 11.2. The van der Waals surface area contributed by atoms with Crippen molar-refractivity contribution in [1.29, 1.82) is 0 Å². The topological polar surface area (TPSA) is 60.8 Å². The van der Waals surface area contributed by atoms with Gasteiger partial charge in [0.25, 0.3) is 11.7 Å². The summed E-state index contributed by atoms with van der Waals surface area (Å²) in [5, 5.41) is 0.789. The summed E-state index contributed by atoms with van der Waals surface area (Å²) in [7, 11) is 0. The summed E-state index contributed by atoms with van der Waals surface area (Å²) in [5.74, 6) is 0.334. The lowest BCUT2D eigenvalue weighted by molar-refractivity contribution is -0.130. The number of ether oxygens (including phenoxy) is 2. The van der Waals surface area contributed by atoms with Gasteiger partial charge in [-0.2, -0.15) is 0 Å². The number of carbonyl (C=O) groups is 2. The number of amides is 1. The molecule has 0 N–H and O–H groups in total. The molecule has 0 bridgehead atoms. The number of rotatable bonds is 7. The van der Waals surface area contributed by atoms with Crippen molar-refractivity contribution in [2.24, 2.45) is 0 Å². The molecule has 168 valence electrons. The van der Waals surface area contributed by atoms with Gasteiger partial charge in [0, 0.05) is 30.2 Å². The maximum atomic E-state index is 13.0. The number of Topliss-reactive ketones (excluding diaryl/α,β-unsaturated/α-hetero) is 1. The molecule has 2 aromatic carbocycles. The largest absolute Gasteiger partial charge is 0.491 e. The van der Waals surface area contributed by atoms with E-state index in [2.05, 4.69) is 39.0 Å². The van der Waals surface area contributed by atoms with E-state index in [0.717, 1.165) is 22.2 Å². The fraction of sp³-hybridized carbons (Fsp3) is 0.385. The van der Waals surface area contributed by atoms with E-state index in [1.54, 1.807) is 11.1 Å². The summed E-state index contributed by atoms with van der Waals surface area (Å²) in [6.07, 6.45) is 1.79. The molecule has 1 aliphatic heterocycles. The van der Waals surface area contributed by atoms with Crippen LogP contribution in [-0.2, 0) is 16.1 Å². The van der Waals surface area contributed by atoms with E-state index >= 15 is 0 Å². The number of benzene rings is 2. The van der Waals surface area contributed by atoms with Gasteiger partial charge in [-0.25, -0.2) is 0 Å². The lowest BCUT2D eigenvalue weighted by Crippen LogP contribution is -2.44. The molecule has 4 rings (SSSR count). The fourth-order valence-corrected chi connectivity index (χ4v) is 4.14. The number of hydrogen-bond acceptors (Lipinski definition) is 4. The molecule has 0 unspecified atom stereocenters. The fourth-order valence-electron chi connectivity index (χ4n) is 4.14. The highest BCUT2D eigenvalue weighted by Crippen LogP contribution is 2.28. The molecule has 1 aromatic heterocycles. The van der Waals surface area contributed by atoms with Gasteiger partial charge in [-0.15, -0.1) is 0 Å². The van der Waals surface area contributed by atoms with Crippen molar-refractivity contribution in [3.8, 4) is 5.75 Å². The summed E-state index contributed by atoms with van der Waals surface area (Å²) in [6.45, 7) is 9.24. The summed E-state index contributed by atoms with van der Waals surface area (Å²) in [6, 6.07) is 14.0. The van der Waals surface area contributed by atoms with E-state index < -0.39 is 11.7 Å². The van der Waals surface area contributed by atoms with Gasteiger partial charge in [-0.1, -0.05) is 44.2 Å². The number of aryl methyl sites for hydroxylation is 1. The van der Waals surface area contributed by atoms with Crippen LogP contribution in [0.3, 0.4) is 0 Å². The molecule has 0 aliphatic carbocycles. The SMILES string of the molecule is Cc1ccc(C(C)C)c(OCCn2cc(C(=O)C(=O)N3CCOCC3)c3ccccc32)c1. The quantitative estimate of drug-likeness (QED) is 0.413. The maximum absolute atomic E-state index is 13.0. The number of morpholine rings is 1. The molecule has 6 heteroatoms. The van der Waals surface area contributed by atoms with E-state index in [1.807, 2.05) is 28.8 Å². The van der Waals surface area contributed by atoms with Crippen molar-refractivity contribution in [2.75, 3.05) is 32.9 Å². The van der Waals surface area contributed by atoms with Gasteiger partial charge in [-0.05, 0) is 36.1 Å². The zero-order valence-corrected chi connectivity index (χ0v) is 19.0. The third-order valence-electron chi connectivity index (χ3n) is 5.91. The highest BCUT2D eigenvalue weighted by Gasteiger charge is 2.27. The Morgan fingerprint density at radius 3 is 2.59 bits per heavy atom. The smallest absolute Gasteiger partial charge is 0.295 e. The molecule has 0 atom stereocenters. The molecule has 1 saturated heterocycles. The van der Waals surface area contributed by atoms with Crippen LogP contribution in [0.15, 0.2) is 48.7 Å². The first kappa shape index (κ1) is 22.1. The molecule has 6 nitrogen and oxygen atoms in total. The van der Waals surface area contributed by atoms with Crippen molar-refractivity contribution in [3.05, 3.63) is 65.4 Å². The van der Waals surface area contributed by atoms with Gasteiger partial charge >= 0.3 is 0 Å². The van der Waals surface area contributed by atoms with Crippen LogP contribution < -0.4 is 4.74 Å². The molecule has 32 heavy (non-hydrogen) atoms. The lowest BCUT2D eigenvalue weighted by atomic mass is 10.0. The van der Waals surface area contributed by atoms with Gasteiger partial charge in [0.2, 0.25) is 0 Å². The third kappa shape index (κ3) is 4.55. The van der Waals surface area contributed by atoms with Gasteiger partial charge in [-0.3, -0.25) is 9.59 Å². The number of nitrogens with zero attached hydrogens (tertiary/aromatic N) is 2. The van der Waals surface area contributed by atoms with Crippen molar-refractivity contribution in [1.82, 2.24) is 9.47 Å². The Hall–Kier alpha value is -3.12. The van der Waals surface area contributed by atoms with Crippen LogP contribution in [0.5, 0.6) is 5.75 Å². The van der Waals surface area contributed by atoms with Gasteiger partial charge in [0.15, 0.2) is 0 Å². The van der Waals surface area contributed by atoms with Crippen LogP contribution in [0, 0.1) is 6.92 Å². The van der Waals surface area contributed by atoms with Crippen LogP contribution in [0.4, 0.5) is 0 Å². The standard InChI is InChI=1S/C26H30N2O4/c1-18(2)20-9-8-19(3)16-24(20)32-15-12-28-17-22(21-6-4-5-7-23(21)28)25(29)26(30)27-10-13-31-14-11-27/h4-9,16-18H,10-15H2,1-3H3. The number of carbonyl (C=O) groups excluding carboxylic acids is 2. The molecule has 3 aromatic rings. The van der Waals surface area contributed by atoms with E-state index in [9.17, 15) is 9.59 Å². The Balaban J connectivity index is 1.54. The maximum Gasteiger partial charge on any atom is 0.295 e. The Morgan fingerprint density at radius 1 is 1.09 bits per heavy atom. The Morgan fingerprint density at radius 2 is 1.84 bits per heavy atom. The Labute approximate surface area is 188 Å². The third-order valence-corrected chi connectivity index (χ3v) is 5.91. The van der Waals surface area contributed by atoms with Crippen LogP contribution in [0.25, 0.3) is 10.9 Å². The second-order valence-electron chi connectivity index (χ2n) is 8.53. The van der Waals surface area contributed by atoms with E-state index in [1.165, 1.54) is 5.56 Å². The van der Waals surface area contributed by atoms with Crippen LogP contribution >= 0.6 is 0 Å². The molecule has 1 fully saturated rings. The molecule has 0 spiro atoms. The zero-order chi connectivity index (χ0) is 22.7. The molecule has 0 radical (unpaired) electrons. The van der Waals surface area contributed by atoms with E-state index in [4.69, 9.17) is 9.47 Å². The first-order valence-electron chi connectivity index (χ1n) is 11.2. The average molecular weight is 435 g/mol. The van der Waals surface area contributed by atoms with Crippen molar-refractivity contribution >= 4 is 22.6 Å². The number of fused-ring (bicyclic) bond motifs is 1. The second kappa shape index (κ2) is 9.57. The summed E-state index contributed by atoms with van der Waals surface area (Å²) in [5.41, 5.74) is 3.70. The minimum atomic E-state index is -0.469.